The third kappa shape index (κ3) is 2.10. The van der Waals surface area contributed by atoms with E-state index in [1.807, 2.05) is 30.5 Å². The average Bonchev–Trinajstić information content (AvgIpc) is 2.05. The minimum atomic E-state index is 0. The molecule has 11 heavy (non-hydrogen) atoms. The van der Waals surface area contributed by atoms with E-state index >= 15 is 0 Å². The number of pyridine rings is 1. The quantitative estimate of drug-likeness (QED) is 0.478. The Labute approximate surface area is 110 Å². The maximum atomic E-state index is 4.18. The van der Waals surface area contributed by atoms with Gasteiger partial charge in [-0.2, -0.15) is 0 Å². The van der Waals surface area contributed by atoms with Crippen molar-refractivity contribution in [2.75, 3.05) is 0 Å². The molecule has 0 fully saturated rings. The van der Waals surface area contributed by atoms with E-state index in [9.17, 15) is 0 Å². The van der Waals surface area contributed by atoms with E-state index in [1.54, 1.807) is 0 Å². The molecule has 0 aliphatic rings. The van der Waals surface area contributed by atoms with Crippen LogP contribution < -0.4 is 51.4 Å². The second-order valence-corrected chi connectivity index (χ2v) is 2.20. The van der Waals surface area contributed by atoms with Crippen molar-refractivity contribution in [1.82, 2.24) is 4.98 Å². The van der Waals surface area contributed by atoms with Crippen LogP contribution in [0.3, 0.4) is 0 Å². The first-order valence-corrected chi connectivity index (χ1v) is 3.26. The fourth-order valence-electron chi connectivity index (χ4n) is 1.02. The molecule has 1 aromatic heterocycles. The molecule has 50 valence electrons. The van der Waals surface area contributed by atoms with Crippen LogP contribution in [0.15, 0.2) is 42.6 Å². The van der Waals surface area contributed by atoms with Crippen LogP contribution in [0.4, 0.5) is 0 Å². The van der Waals surface area contributed by atoms with E-state index < -0.39 is 0 Å². The summed E-state index contributed by atoms with van der Waals surface area (Å²) in [6.07, 6.45) is 1.81. The molecule has 0 amide bonds. The second kappa shape index (κ2) is 4.33. The maximum absolute atomic E-state index is 4.18. The van der Waals surface area contributed by atoms with Crippen LogP contribution in [-0.4, -0.2) is 4.98 Å². The Morgan fingerprint density at radius 1 is 1.00 bits per heavy atom. The summed E-state index contributed by atoms with van der Waals surface area (Å²) in [4.78, 5) is 4.18. The van der Waals surface area contributed by atoms with Crippen LogP contribution in [0.1, 0.15) is 1.43 Å². The van der Waals surface area contributed by atoms with Crippen molar-refractivity contribution in [1.29, 1.82) is 0 Å². The van der Waals surface area contributed by atoms with Crippen molar-refractivity contribution < 1.29 is 52.8 Å². The van der Waals surface area contributed by atoms with Crippen LogP contribution in [0.2, 0.25) is 0 Å². The van der Waals surface area contributed by atoms with Crippen molar-refractivity contribution in [3.05, 3.63) is 42.6 Å². The van der Waals surface area contributed by atoms with Gasteiger partial charge in [-0.25, -0.2) is 0 Å². The number of hydrogen-bond donors (Lipinski definition) is 0. The zero-order chi connectivity index (χ0) is 6.81. The fourth-order valence-corrected chi connectivity index (χ4v) is 1.02. The zero-order valence-electron chi connectivity index (χ0n) is 7.49. The van der Waals surface area contributed by atoms with Gasteiger partial charge in [0.15, 0.2) is 0 Å². The Bertz CT molecular complexity index is 286. The number of hydrogen-bond acceptors (Lipinski definition) is 1. The van der Waals surface area contributed by atoms with E-state index in [1.165, 1.54) is 5.39 Å². The van der Waals surface area contributed by atoms with E-state index in [-0.39, 0.29) is 52.8 Å². The van der Waals surface area contributed by atoms with E-state index in [0.717, 1.165) is 5.52 Å². The second-order valence-electron chi connectivity index (χ2n) is 2.20. The molecule has 0 radical (unpaired) electrons. The Balaban J connectivity index is 0.000000605. The van der Waals surface area contributed by atoms with Gasteiger partial charge in [0.05, 0.1) is 5.52 Å². The van der Waals surface area contributed by atoms with Gasteiger partial charge >= 0.3 is 51.4 Å². The van der Waals surface area contributed by atoms with Gasteiger partial charge in [-0.05, 0) is 12.1 Å². The van der Waals surface area contributed by atoms with Crippen molar-refractivity contribution in [3.63, 3.8) is 0 Å². The Morgan fingerprint density at radius 2 is 1.73 bits per heavy atom. The third-order valence-corrected chi connectivity index (χ3v) is 1.51. The summed E-state index contributed by atoms with van der Waals surface area (Å²) in [6, 6.07) is 12.1. The molecule has 0 spiro atoms. The molecule has 0 aliphatic carbocycles. The average molecular weight is 169 g/mol. The van der Waals surface area contributed by atoms with Crippen molar-refractivity contribution in [2.24, 2.45) is 0 Å². The molecule has 2 aromatic rings. The normalized spacial score (nSPS) is 9.09. The maximum Gasteiger partial charge on any atom is 1.00 e. The fraction of sp³-hybridized carbons (Fsp3) is 0. The SMILES string of the molecule is [H-].[K+].c1ccc2ncccc2c1. The number of fused-ring (bicyclic) bond motifs is 1. The standard InChI is InChI=1S/C9H7N.K.H/c1-2-6-9-8(4-1)5-3-7-10-9;;/h1-7H;;/q;+1;-1. The predicted octanol–water partition coefficient (Wildman–Crippen LogP) is -0.649. The van der Waals surface area contributed by atoms with Gasteiger partial charge in [0.25, 0.3) is 0 Å². The number of rotatable bonds is 0. The van der Waals surface area contributed by atoms with Gasteiger partial charge in [-0.3, -0.25) is 4.98 Å². The molecule has 0 N–H and O–H groups in total. The smallest absolute Gasteiger partial charge is 1.00 e. The van der Waals surface area contributed by atoms with Gasteiger partial charge in [0.1, 0.15) is 0 Å². The third-order valence-electron chi connectivity index (χ3n) is 1.51. The first-order valence-electron chi connectivity index (χ1n) is 3.26. The van der Waals surface area contributed by atoms with Crippen LogP contribution >= 0.6 is 0 Å². The first-order chi connectivity index (χ1) is 4.97. The van der Waals surface area contributed by atoms with Gasteiger partial charge in [-0.1, -0.05) is 24.3 Å². The van der Waals surface area contributed by atoms with Crippen molar-refractivity contribution in [3.8, 4) is 0 Å². The molecule has 0 bridgehead atoms. The summed E-state index contributed by atoms with van der Waals surface area (Å²) in [7, 11) is 0. The summed E-state index contributed by atoms with van der Waals surface area (Å²) in [6.45, 7) is 0. The molecule has 0 atom stereocenters. The molecular weight excluding hydrogens is 161 g/mol. The molecular formula is C9H8KN. The van der Waals surface area contributed by atoms with Crippen molar-refractivity contribution in [2.45, 2.75) is 0 Å². The Morgan fingerprint density at radius 3 is 2.55 bits per heavy atom. The molecule has 0 unspecified atom stereocenters. The zero-order valence-corrected chi connectivity index (χ0v) is 9.61. The minimum Gasteiger partial charge on any atom is -1.00 e. The minimum absolute atomic E-state index is 0. The molecule has 2 rings (SSSR count). The molecule has 1 nitrogen and oxygen atoms in total. The van der Waals surface area contributed by atoms with Crippen LogP contribution in [0.5, 0.6) is 0 Å². The molecule has 1 heterocycles. The van der Waals surface area contributed by atoms with Crippen LogP contribution in [0, 0.1) is 0 Å². The van der Waals surface area contributed by atoms with Crippen LogP contribution in [-0.2, 0) is 0 Å². The monoisotopic (exact) mass is 169 g/mol. The van der Waals surface area contributed by atoms with Crippen LogP contribution in [0.25, 0.3) is 10.9 Å². The Hall–Kier alpha value is 0.266. The number of para-hydroxylation sites is 1. The number of benzene rings is 1. The largest absolute Gasteiger partial charge is 1.00 e. The predicted molar refractivity (Wildman–Crippen MR) is 42.9 cm³/mol. The molecule has 0 saturated carbocycles. The Kier molecular flexibility index (Phi) is 3.68. The molecule has 0 aliphatic heterocycles. The molecule has 1 aromatic carbocycles. The molecule has 0 saturated heterocycles. The van der Waals surface area contributed by atoms with Crippen molar-refractivity contribution >= 4 is 10.9 Å². The van der Waals surface area contributed by atoms with Gasteiger partial charge in [0, 0.05) is 11.6 Å². The molecule has 2 heteroatoms. The number of nitrogens with zero attached hydrogens (tertiary/aromatic N) is 1. The van der Waals surface area contributed by atoms with Gasteiger partial charge in [0.2, 0.25) is 0 Å². The van der Waals surface area contributed by atoms with Gasteiger partial charge < -0.3 is 1.43 Å². The summed E-state index contributed by atoms with van der Waals surface area (Å²) in [5, 5.41) is 1.20. The summed E-state index contributed by atoms with van der Waals surface area (Å²) in [5.41, 5.74) is 1.06. The van der Waals surface area contributed by atoms with E-state index in [4.69, 9.17) is 0 Å². The summed E-state index contributed by atoms with van der Waals surface area (Å²) < 4.78 is 0. The number of aromatic nitrogens is 1. The van der Waals surface area contributed by atoms with E-state index in [0.29, 0.717) is 0 Å². The van der Waals surface area contributed by atoms with E-state index in [2.05, 4.69) is 17.1 Å². The summed E-state index contributed by atoms with van der Waals surface area (Å²) in [5.74, 6) is 0. The topological polar surface area (TPSA) is 12.9 Å². The van der Waals surface area contributed by atoms with Gasteiger partial charge in [-0.15, -0.1) is 0 Å². The first kappa shape index (κ1) is 9.36. The summed E-state index contributed by atoms with van der Waals surface area (Å²) >= 11 is 0.